The van der Waals surface area contributed by atoms with Gasteiger partial charge >= 0.3 is 5.97 Å². The summed E-state index contributed by atoms with van der Waals surface area (Å²) in [5.41, 5.74) is 2.48. The lowest BCUT2D eigenvalue weighted by atomic mass is 10.2. The lowest BCUT2D eigenvalue weighted by molar-refractivity contribution is 0.0665. The number of furan rings is 1. The monoisotopic (exact) mass is 374 g/mol. The maximum Gasteiger partial charge on any atom is 0.371 e. The van der Waals surface area contributed by atoms with Gasteiger partial charge in [-0.25, -0.2) is 4.79 Å². The van der Waals surface area contributed by atoms with Gasteiger partial charge in [0.25, 0.3) is 0 Å². The van der Waals surface area contributed by atoms with Crippen LogP contribution in [0.15, 0.2) is 83.3 Å². The number of aromatic carboxylic acids is 1. The maximum absolute atomic E-state index is 11.2. The second-order valence-corrected chi connectivity index (χ2v) is 6.30. The van der Waals surface area contributed by atoms with Crippen LogP contribution in [0.25, 0.3) is 11.0 Å². The van der Waals surface area contributed by atoms with E-state index in [1.54, 1.807) is 12.1 Å². The molecule has 0 aliphatic carbocycles. The minimum atomic E-state index is -1.12. The van der Waals surface area contributed by atoms with Gasteiger partial charge in [-0.2, -0.15) is 0 Å². The minimum absolute atomic E-state index is 0.121. The summed E-state index contributed by atoms with van der Waals surface area (Å²) < 4.78 is 17.3. The highest BCUT2D eigenvalue weighted by molar-refractivity contribution is 5.92. The van der Waals surface area contributed by atoms with Crippen LogP contribution in [0.1, 0.15) is 21.7 Å². The highest BCUT2D eigenvalue weighted by Gasteiger charge is 2.15. The molecule has 3 aromatic carbocycles. The molecule has 1 N–H and O–H groups in total. The Morgan fingerprint density at radius 3 is 1.86 bits per heavy atom. The molecule has 0 unspecified atom stereocenters. The quantitative estimate of drug-likeness (QED) is 0.476. The molecule has 0 spiro atoms. The molecule has 5 heteroatoms. The number of carbonyl (C=O) groups is 1. The summed E-state index contributed by atoms with van der Waals surface area (Å²) in [5.74, 6) is -0.206. The molecule has 1 heterocycles. The minimum Gasteiger partial charge on any atom is -0.485 e. The number of rotatable bonds is 7. The third kappa shape index (κ3) is 3.99. The van der Waals surface area contributed by atoms with Crippen LogP contribution in [0, 0.1) is 0 Å². The number of ether oxygens (including phenoxy) is 2. The van der Waals surface area contributed by atoms with Gasteiger partial charge in [0.05, 0.1) is 0 Å². The molecule has 0 bridgehead atoms. The molecule has 4 rings (SSSR count). The molecule has 5 nitrogen and oxygen atoms in total. The molecule has 0 saturated heterocycles. The predicted molar refractivity (Wildman–Crippen MR) is 105 cm³/mol. The van der Waals surface area contributed by atoms with Crippen LogP contribution < -0.4 is 9.47 Å². The highest BCUT2D eigenvalue weighted by atomic mass is 16.5. The molecule has 4 aromatic rings. The number of benzene rings is 3. The third-order valence-corrected chi connectivity index (χ3v) is 4.27. The van der Waals surface area contributed by atoms with E-state index in [0.717, 1.165) is 11.1 Å². The van der Waals surface area contributed by atoms with E-state index in [9.17, 15) is 9.90 Å². The van der Waals surface area contributed by atoms with E-state index < -0.39 is 5.97 Å². The number of hydrogen-bond acceptors (Lipinski definition) is 4. The van der Waals surface area contributed by atoms with E-state index in [2.05, 4.69) is 0 Å². The van der Waals surface area contributed by atoms with E-state index in [-0.39, 0.29) is 5.76 Å². The summed E-state index contributed by atoms with van der Waals surface area (Å²) in [6.45, 7) is 0.734. The molecule has 0 aliphatic rings. The van der Waals surface area contributed by atoms with Gasteiger partial charge in [0.1, 0.15) is 18.8 Å². The van der Waals surface area contributed by atoms with Crippen molar-refractivity contribution in [1.29, 1.82) is 0 Å². The fourth-order valence-electron chi connectivity index (χ4n) is 2.85. The molecule has 28 heavy (non-hydrogen) atoms. The Morgan fingerprint density at radius 2 is 1.32 bits per heavy atom. The number of fused-ring (bicyclic) bond motifs is 1. The molecule has 0 radical (unpaired) electrons. The summed E-state index contributed by atoms with van der Waals surface area (Å²) >= 11 is 0. The zero-order chi connectivity index (χ0) is 19.3. The van der Waals surface area contributed by atoms with E-state index in [1.807, 2.05) is 60.7 Å². The molecule has 0 aliphatic heterocycles. The van der Waals surface area contributed by atoms with Crippen molar-refractivity contribution in [2.24, 2.45) is 0 Å². The van der Waals surface area contributed by atoms with Crippen molar-refractivity contribution in [3.63, 3.8) is 0 Å². The van der Waals surface area contributed by atoms with Crippen molar-refractivity contribution >= 4 is 16.9 Å². The maximum atomic E-state index is 11.2. The molecule has 0 saturated carbocycles. The summed E-state index contributed by atoms with van der Waals surface area (Å²) in [5, 5.41) is 9.82. The molecule has 140 valence electrons. The Labute approximate surface area is 161 Å². The molecule has 1 aromatic heterocycles. The first kappa shape index (κ1) is 17.7. The van der Waals surface area contributed by atoms with Crippen molar-refractivity contribution in [2.75, 3.05) is 0 Å². The standard InChI is InChI=1S/C23H18O5/c24-23(25)22-12-18-11-20(26-14-16-7-3-1-4-8-16)21(13-19(18)28-22)27-15-17-9-5-2-6-10-17/h1-13H,14-15H2,(H,24,25). The Morgan fingerprint density at radius 1 is 0.786 bits per heavy atom. The lowest BCUT2D eigenvalue weighted by Crippen LogP contribution is -2.00. The first-order valence-corrected chi connectivity index (χ1v) is 8.83. The molecule has 0 atom stereocenters. The SMILES string of the molecule is O=C(O)c1cc2cc(OCc3ccccc3)c(OCc3ccccc3)cc2o1. The van der Waals surface area contributed by atoms with Crippen LogP contribution in [0.5, 0.6) is 11.5 Å². The third-order valence-electron chi connectivity index (χ3n) is 4.27. The van der Waals surface area contributed by atoms with Gasteiger partial charge in [-0.05, 0) is 23.3 Å². The fourth-order valence-corrected chi connectivity index (χ4v) is 2.85. The van der Waals surface area contributed by atoms with Gasteiger partial charge in [0.2, 0.25) is 5.76 Å². The number of carboxylic acids is 1. The topological polar surface area (TPSA) is 68.9 Å². The van der Waals surface area contributed by atoms with Crippen LogP contribution in [0.2, 0.25) is 0 Å². The lowest BCUT2D eigenvalue weighted by Gasteiger charge is -2.13. The Balaban J connectivity index is 1.63. The summed E-state index contributed by atoms with van der Waals surface area (Å²) in [4.78, 5) is 11.2. The van der Waals surface area contributed by atoms with Crippen molar-refractivity contribution in [2.45, 2.75) is 13.2 Å². The van der Waals surface area contributed by atoms with Crippen molar-refractivity contribution in [1.82, 2.24) is 0 Å². The Hall–Kier alpha value is -3.73. The van der Waals surface area contributed by atoms with Gasteiger partial charge in [0, 0.05) is 11.5 Å². The van der Waals surface area contributed by atoms with Gasteiger partial charge < -0.3 is 19.0 Å². The van der Waals surface area contributed by atoms with Crippen molar-refractivity contribution in [3.05, 3.63) is 95.7 Å². The van der Waals surface area contributed by atoms with Crippen LogP contribution in [-0.2, 0) is 13.2 Å². The Bertz CT molecular complexity index is 1000. The smallest absolute Gasteiger partial charge is 0.371 e. The summed E-state index contributed by atoms with van der Waals surface area (Å²) in [6, 6.07) is 24.5. The van der Waals surface area contributed by atoms with Gasteiger partial charge in [-0.1, -0.05) is 60.7 Å². The fraction of sp³-hybridized carbons (Fsp3) is 0.0870. The molecule has 0 fully saturated rings. The van der Waals surface area contributed by atoms with Crippen LogP contribution >= 0.6 is 0 Å². The average Bonchev–Trinajstić information content (AvgIpc) is 3.15. The van der Waals surface area contributed by atoms with E-state index >= 15 is 0 Å². The molecular formula is C23H18O5. The van der Waals surface area contributed by atoms with Crippen LogP contribution in [0.3, 0.4) is 0 Å². The van der Waals surface area contributed by atoms with Gasteiger partial charge in [-0.3, -0.25) is 0 Å². The number of carboxylic acid groups (broad SMARTS) is 1. The Kier molecular flexibility index (Phi) is 4.97. The van der Waals surface area contributed by atoms with Crippen molar-refractivity contribution < 1.29 is 23.8 Å². The van der Waals surface area contributed by atoms with Gasteiger partial charge in [-0.15, -0.1) is 0 Å². The zero-order valence-corrected chi connectivity index (χ0v) is 15.0. The number of hydrogen-bond donors (Lipinski definition) is 1. The zero-order valence-electron chi connectivity index (χ0n) is 15.0. The van der Waals surface area contributed by atoms with E-state index in [4.69, 9.17) is 13.9 Å². The molecular weight excluding hydrogens is 356 g/mol. The summed E-state index contributed by atoms with van der Waals surface area (Å²) in [6.07, 6.45) is 0. The largest absolute Gasteiger partial charge is 0.485 e. The normalized spacial score (nSPS) is 10.7. The van der Waals surface area contributed by atoms with Gasteiger partial charge in [0.15, 0.2) is 11.5 Å². The highest BCUT2D eigenvalue weighted by Crippen LogP contribution is 2.35. The molecule has 0 amide bonds. The average molecular weight is 374 g/mol. The predicted octanol–water partition coefficient (Wildman–Crippen LogP) is 5.29. The first-order valence-electron chi connectivity index (χ1n) is 8.83. The summed E-state index contributed by atoms with van der Waals surface area (Å²) in [7, 11) is 0. The van der Waals surface area contributed by atoms with E-state index in [1.165, 1.54) is 6.07 Å². The van der Waals surface area contributed by atoms with Crippen molar-refractivity contribution in [3.8, 4) is 11.5 Å². The van der Waals surface area contributed by atoms with E-state index in [0.29, 0.717) is 35.7 Å². The second kappa shape index (κ2) is 7.88. The van der Waals surface area contributed by atoms with Crippen LogP contribution in [-0.4, -0.2) is 11.1 Å². The second-order valence-electron chi connectivity index (χ2n) is 6.30. The van der Waals surface area contributed by atoms with Crippen LogP contribution in [0.4, 0.5) is 0 Å². The first-order chi connectivity index (χ1) is 13.7.